The summed E-state index contributed by atoms with van der Waals surface area (Å²) in [6, 6.07) is 8.72. The fourth-order valence-corrected chi connectivity index (χ4v) is 2.14. The largest absolute Gasteiger partial charge is 0.391 e. The molecule has 1 unspecified atom stereocenters. The van der Waals surface area contributed by atoms with Gasteiger partial charge in [0, 0.05) is 30.8 Å². The van der Waals surface area contributed by atoms with E-state index in [1.165, 1.54) is 24.3 Å². The van der Waals surface area contributed by atoms with Gasteiger partial charge in [-0.05, 0) is 23.8 Å². The molecule has 0 aliphatic heterocycles. The molecule has 2 rings (SSSR count). The monoisotopic (exact) mass is 333 g/mol. The van der Waals surface area contributed by atoms with Crippen LogP contribution < -0.4 is 5.32 Å². The summed E-state index contributed by atoms with van der Waals surface area (Å²) in [4.78, 5) is 10.1. The zero-order valence-electron chi connectivity index (χ0n) is 12.4. The minimum absolute atomic E-state index is 0.0273. The van der Waals surface area contributed by atoms with E-state index < -0.39 is 22.7 Å². The molecule has 124 valence electrons. The Labute approximate surface area is 136 Å². The second-order valence-electron chi connectivity index (χ2n) is 5.08. The lowest BCUT2D eigenvalue weighted by Gasteiger charge is -2.13. The van der Waals surface area contributed by atoms with Gasteiger partial charge in [-0.3, -0.25) is 10.1 Å². The van der Waals surface area contributed by atoms with Crippen molar-refractivity contribution in [2.45, 2.75) is 12.5 Å². The van der Waals surface area contributed by atoms with Crippen molar-refractivity contribution in [3.63, 3.8) is 0 Å². The van der Waals surface area contributed by atoms with Gasteiger partial charge in [-0.15, -0.1) is 0 Å². The molecule has 24 heavy (non-hydrogen) atoms. The molecule has 2 aromatic rings. The van der Waals surface area contributed by atoms with Crippen LogP contribution in [-0.4, -0.2) is 22.7 Å². The van der Waals surface area contributed by atoms with Gasteiger partial charge >= 0.3 is 0 Å². The molecule has 2 N–H and O–H groups in total. The van der Waals surface area contributed by atoms with Gasteiger partial charge in [0.25, 0.3) is 5.69 Å². The molecule has 0 saturated carbocycles. The Kier molecular flexibility index (Phi) is 5.39. The number of halogens is 2. The van der Waals surface area contributed by atoms with Gasteiger partial charge in [-0.2, -0.15) is 5.26 Å². The zero-order chi connectivity index (χ0) is 17.7. The van der Waals surface area contributed by atoms with E-state index in [9.17, 15) is 24.0 Å². The van der Waals surface area contributed by atoms with E-state index in [0.717, 1.165) is 12.1 Å². The van der Waals surface area contributed by atoms with Gasteiger partial charge in [-0.1, -0.05) is 6.07 Å². The van der Waals surface area contributed by atoms with Crippen LogP contribution >= 0.6 is 0 Å². The van der Waals surface area contributed by atoms with Crippen LogP contribution in [0.2, 0.25) is 0 Å². The summed E-state index contributed by atoms with van der Waals surface area (Å²) < 4.78 is 26.3. The number of benzene rings is 2. The summed E-state index contributed by atoms with van der Waals surface area (Å²) in [7, 11) is 0. The van der Waals surface area contributed by atoms with Crippen molar-refractivity contribution in [3.05, 3.63) is 69.3 Å². The highest BCUT2D eigenvalue weighted by Crippen LogP contribution is 2.22. The molecule has 0 saturated heterocycles. The number of hydrogen-bond donors (Lipinski definition) is 2. The van der Waals surface area contributed by atoms with Gasteiger partial charge in [0.05, 0.1) is 11.0 Å². The summed E-state index contributed by atoms with van der Waals surface area (Å²) in [6.45, 7) is 0.0273. The molecule has 0 bridgehead atoms. The number of hydrogen-bond acceptors (Lipinski definition) is 5. The van der Waals surface area contributed by atoms with E-state index in [0.29, 0.717) is 5.69 Å². The Bertz CT molecular complexity index is 806. The lowest BCUT2D eigenvalue weighted by Crippen LogP contribution is -2.22. The molecule has 6 nitrogen and oxygen atoms in total. The second kappa shape index (κ2) is 7.48. The number of rotatable bonds is 6. The first-order valence-electron chi connectivity index (χ1n) is 6.95. The van der Waals surface area contributed by atoms with Gasteiger partial charge in [0.2, 0.25) is 0 Å². The summed E-state index contributed by atoms with van der Waals surface area (Å²) in [5.41, 5.74) is 0.170. The number of aliphatic hydroxyl groups excluding tert-OH is 1. The molecular weight excluding hydrogens is 320 g/mol. The van der Waals surface area contributed by atoms with Crippen LogP contribution in [0.4, 0.5) is 20.2 Å². The van der Waals surface area contributed by atoms with Gasteiger partial charge in [0.15, 0.2) is 0 Å². The van der Waals surface area contributed by atoms with Crippen molar-refractivity contribution in [3.8, 4) is 6.07 Å². The lowest BCUT2D eigenvalue weighted by atomic mass is 10.1. The Hall–Kier alpha value is -3.05. The maximum atomic E-state index is 13.5. The summed E-state index contributed by atoms with van der Waals surface area (Å²) in [5, 5.41) is 32.4. The van der Waals surface area contributed by atoms with Crippen LogP contribution in [0.5, 0.6) is 0 Å². The first-order chi connectivity index (χ1) is 11.4. The fourth-order valence-electron chi connectivity index (χ4n) is 2.14. The van der Waals surface area contributed by atoms with E-state index in [4.69, 9.17) is 5.26 Å². The second-order valence-corrected chi connectivity index (χ2v) is 5.08. The Morgan fingerprint density at radius 2 is 2.04 bits per heavy atom. The smallest absolute Gasteiger partial charge is 0.287 e. The van der Waals surface area contributed by atoms with E-state index in [2.05, 4.69) is 5.32 Å². The Morgan fingerprint density at radius 1 is 1.29 bits per heavy atom. The summed E-state index contributed by atoms with van der Waals surface area (Å²) in [6.07, 6.45) is -0.998. The topological polar surface area (TPSA) is 99.2 Å². The molecule has 0 aliphatic rings. The highest BCUT2D eigenvalue weighted by atomic mass is 19.1. The van der Waals surface area contributed by atoms with Crippen molar-refractivity contribution in [2.75, 3.05) is 11.9 Å². The highest BCUT2D eigenvalue weighted by Gasteiger charge is 2.15. The van der Waals surface area contributed by atoms with Gasteiger partial charge in [0.1, 0.15) is 23.3 Å². The third kappa shape index (κ3) is 4.24. The predicted molar refractivity (Wildman–Crippen MR) is 82.4 cm³/mol. The number of nitro groups is 1. The minimum atomic E-state index is -0.967. The fraction of sp³-hybridized carbons (Fsp3) is 0.188. The Balaban J connectivity index is 2.00. The lowest BCUT2D eigenvalue weighted by molar-refractivity contribution is -0.385. The minimum Gasteiger partial charge on any atom is -0.391 e. The Morgan fingerprint density at radius 3 is 2.67 bits per heavy atom. The van der Waals surface area contributed by atoms with Crippen LogP contribution in [-0.2, 0) is 6.42 Å². The first-order valence-corrected chi connectivity index (χ1v) is 6.95. The van der Waals surface area contributed by atoms with E-state index >= 15 is 0 Å². The molecule has 1 atom stereocenters. The van der Waals surface area contributed by atoms with E-state index in [1.54, 1.807) is 6.07 Å². The first kappa shape index (κ1) is 17.3. The van der Waals surface area contributed by atoms with Crippen LogP contribution in [0.25, 0.3) is 0 Å². The standard InChI is InChI=1S/C16H13F2N3O3/c17-12-2-1-10(15(18)7-12)6-14(22)9-20-13-3-4-16(21(23)24)11(5-13)8-19/h1-5,7,14,20,22H,6,9H2. The van der Waals surface area contributed by atoms with Crippen molar-refractivity contribution < 1.29 is 18.8 Å². The molecule has 0 spiro atoms. The van der Waals surface area contributed by atoms with Crippen LogP contribution in [0, 0.1) is 33.1 Å². The molecular formula is C16H13F2N3O3. The third-order valence-corrected chi connectivity index (χ3v) is 3.33. The van der Waals surface area contributed by atoms with Crippen molar-refractivity contribution in [1.82, 2.24) is 0 Å². The number of anilines is 1. The van der Waals surface area contributed by atoms with Crippen molar-refractivity contribution in [2.24, 2.45) is 0 Å². The average Bonchev–Trinajstić information content (AvgIpc) is 2.55. The molecule has 0 aromatic heterocycles. The van der Waals surface area contributed by atoms with Crippen LogP contribution in [0.3, 0.4) is 0 Å². The summed E-state index contributed by atoms with van der Waals surface area (Å²) >= 11 is 0. The normalized spacial score (nSPS) is 11.6. The van der Waals surface area contributed by atoms with Crippen molar-refractivity contribution in [1.29, 1.82) is 5.26 Å². The maximum Gasteiger partial charge on any atom is 0.287 e. The third-order valence-electron chi connectivity index (χ3n) is 3.33. The van der Waals surface area contributed by atoms with Gasteiger partial charge in [-0.25, -0.2) is 8.78 Å². The number of aliphatic hydroxyl groups is 1. The molecule has 8 heteroatoms. The number of nitro benzene ring substituents is 1. The quantitative estimate of drug-likeness (QED) is 0.625. The molecule has 0 aliphatic carbocycles. The van der Waals surface area contributed by atoms with E-state index in [-0.39, 0.29) is 29.8 Å². The molecule has 0 fully saturated rings. The maximum absolute atomic E-state index is 13.5. The van der Waals surface area contributed by atoms with Gasteiger partial charge < -0.3 is 10.4 Å². The molecule has 0 radical (unpaired) electrons. The molecule has 0 heterocycles. The molecule has 2 aromatic carbocycles. The van der Waals surface area contributed by atoms with Crippen molar-refractivity contribution >= 4 is 11.4 Å². The van der Waals surface area contributed by atoms with E-state index in [1.807, 2.05) is 0 Å². The average molecular weight is 333 g/mol. The molecule has 0 amide bonds. The van der Waals surface area contributed by atoms with Crippen LogP contribution in [0.15, 0.2) is 36.4 Å². The number of nitrogens with zero attached hydrogens (tertiary/aromatic N) is 2. The number of nitrogens with one attached hydrogen (secondary N) is 1. The zero-order valence-corrected chi connectivity index (χ0v) is 12.4. The predicted octanol–water partition coefficient (Wildman–Crippen LogP) is 2.76. The van der Waals surface area contributed by atoms with Crippen LogP contribution in [0.1, 0.15) is 11.1 Å². The SMILES string of the molecule is N#Cc1cc(NCC(O)Cc2ccc(F)cc2F)ccc1[N+](=O)[O-]. The summed E-state index contributed by atoms with van der Waals surface area (Å²) in [5.74, 6) is -1.44. The number of nitriles is 1. The highest BCUT2D eigenvalue weighted by molar-refractivity contribution is 5.58.